The summed E-state index contributed by atoms with van der Waals surface area (Å²) in [5, 5.41) is 0. The molecule has 2 aromatic rings. The van der Waals surface area contributed by atoms with Gasteiger partial charge >= 0.3 is 0 Å². The van der Waals surface area contributed by atoms with Crippen LogP contribution in [-0.4, -0.2) is 49.6 Å². The van der Waals surface area contributed by atoms with Crippen molar-refractivity contribution in [3.8, 4) is 5.75 Å². The summed E-state index contributed by atoms with van der Waals surface area (Å²) in [6.07, 6.45) is 8.76. The van der Waals surface area contributed by atoms with Crippen LogP contribution in [0.2, 0.25) is 0 Å². The smallest absolute Gasteiger partial charge is 0.122 e. The molecule has 180 valence electrons. The summed E-state index contributed by atoms with van der Waals surface area (Å²) in [7, 11) is 0. The molecule has 4 heterocycles. The van der Waals surface area contributed by atoms with Crippen LogP contribution in [0.25, 0.3) is 0 Å². The number of aliphatic imine (C=N–C) groups is 1. The first kappa shape index (κ1) is 23.3. The molecule has 3 fully saturated rings. The van der Waals surface area contributed by atoms with Gasteiger partial charge in [0.05, 0.1) is 25.0 Å². The molecule has 6 unspecified atom stereocenters. The van der Waals surface area contributed by atoms with Crippen LogP contribution in [0.4, 0.5) is 5.69 Å². The standard InChI is InChI=1S/C30H38N2O2/c1-4-23-20-32-15-13-24(23)19-28(32)30(26-12-14-31-27-9-6-5-8-25(26)27)34-17-7-16-33-29-11-10-21(2)18-22(29)3/h4-6,8-11,14,18,23-24,26,28,30H,1,7,12-13,15-17,19-20H2,2-3H3. The lowest BCUT2D eigenvalue weighted by atomic mass is 9.71. The highest BCUT2D eigenvalue weighted by Crippen LogP contribution is 2.44. The lowest BCUT2D eigenvalue weighted by molar-refractivity contribution is -0.0839. The predicted molar refractivity (Wildman–Crippen MR) is 139 cm³/mol. The van der Waals surface area contributed by atoms with Gasteiger partial charge in [-0.25, -0.2) is 0 Å². The van der Waals surface area contributed by atoms with Crippen LogP contribution in [0.3, 0.4) is 0 Å². The molecule has 4 heteroatoms. The topological polar surface area (TPSA) is 34.1 Å². The number of benzene rings is 2. The van der Waals surface area contributed by atoms with Crippen molar-refractivity contribution in [1.29, 1.82) is 0 Å². The third-order valence-corrected chi connectivity index (χ3v) is 8.04. The summed E-state index contributed by atoms with van der Waals surface area (Å²) in [6.45, 7) is 12.0. The highest BCUT2D eigenvalue weighted by molar-refractivity contribution is 5.70. The third kappa shape index (κ3) is 4.85. The molecule has 34 heavy (non-hydrogen) atoms. The number of rotatable bonds is 9. The van der Waals surface area contributed by atoms with E-state index in [4.69, 9.17) is 9.47 Å². The van der Waals surface area contributed by atoms with Crippen LogP contribution in [0.1, 0.15) is 48.3 Å². The second kappa shape index (κ2) is 10.5. The molecule has 6 atom stereocenters. The van der Waals surface area contributed by atoms with Gasteiger partial charge in [-0.15, -0.1) is 6.58 Å². The first-order chi connectivity index (χ1) is 16.6. The Hall–Kier alpha value is -2.43. The van der Waals surface area contributed by atoms with E-state index in [1.54, 1.807) is 0 Å². The van der Waals surface area contributed by atoms with E-state index in [-0.39, 0.29) is 6.10 Å². The van der Waals surface area contributed by atoms with Gasteiger partial charge in [0, 0.05) is 31.1 Å². The lowest BCUT2D eigenvalue weighted by Crippen LogP contribution is -2.58. The Morgan fingerprint density at radius 3 is 2.85 bits per heavy atom. The van der Waals surface area contributed by atoms with Crippen LogP contribution in [-0.2, 0) is 4.74 Å². The predicted octanol–water partition coefficient (Wildman–Crippen LogP) is 6.24. The Kier molecular flexibility index (Phi) is 7.17. The van der Waals surface area contributed by atoms with Crippen LogP contribution < -0.4 is 4.74 Å². The van der Waals surface area contributed by atoms with Crippen molar-refractivity contribution >= 4 is 11.9 Å². The number of fused-ring (bicyclic) bond motifs is 4. The van der Waals surface area contributed by atoms with Gasteiger partial charge in [0.25, 0.3) is 0 Å². The van der Waals surface area contributed by atoms with Crippen molar-refractivity contribution in [2.45, 2.75) is 57.6 Å². The quantitative estimate of drug-likeness (QED) is 0.329. The van der Waals surface area contributed by atoms with Crippen molar-refractivity contribution in [2.24, 2.45) is 16.8 Å². The minimum absolute atomic E-state index is 0.169. The maximum Gasteiger partial charge on any atom is 0.122 e. The first-order valence-corrected chi connectivity index (χ1v) is 12.9. The van der Waals surface area contributed by atoms with E-state index in [9.17, 15) is 0 Å². The number of hydrogen-bond acceptors (Lipinski definition) is 4. The monoisotopic (exact) mass is 458 g/mol. The van der Waals surface area contributed by atoms with E-state index >= 15 is 0 Å². The molecule has 4 aliphatic heterocycles. The number of hydrogen-bond donors (Lipinski definition) is 0. The molecule has 6 rings (SSSR count). The van der Waals surface area contributed by atoms with E-state index in [2.05, 4.69) is 85.1 Å². The van der Waals surface area contributed by atoms with Gasteiger partial charge in [0.2, 0.25) is 0 Å². The number of ether oxygens (including phenoxy) is 2. The first-order valence-electron chi connectivity index (χ1n) is 12.9. The lowest BCUT2D eigenvalue weighted by Gasteiger charge is -2.52. The van der Waals surface area contributed by atoms with E-state index < -0.39 is 0 Å². The van der Waals surface area contributed by atoms with E-state index in [0.717, 1.165) is 36.7 Å². The molecule has 0 N–H and O–H groups in total. The normalized spacial score (nSPS) is 28.4. The van der Waals surface area contributed by atoms with E-state index in [1.807, 2.05) is 0 Å². The molecule has 0 spiro atoms. The Labute approximate surface area is 204 Å². The molecule has 2 bridgehead atoms. The number of para-hydroxylation sites is 1. The fraction of sp³-hybridized carbons (Fsp3) is 0.500. The zero-order valence-electron chi connectivity index (χ0n) is 20.7. The minimum Gasteiger partial charge on any atom is -0.493 e. The highest BCUT2D eigenvalue weighted by Gasteiger charge is 2.45. The van der Waals surface area contributed by atoms with Crippen molar-refractivity contribution < 1.29 is 9.47 Å². The van der Waals surface area contributed by atoms with Crippen LogP contribution in [0, 0.1) is 25.7 Å². The van der Waals surface area contributed by atoms with Gasteiger partial charge < -0.3 is 9.47 Å². The molecular formula is C30H38N2O2. The minimum atomic E-state index is 0.169. The Morgan fingerprint density at radius 1 is 1.18 bits per heavy atom. The third-order valence-electron chi connectivity index (χ3n) is 8.04. The van der Waals surface area contributed by atoms with Gasteiger partial charge in [-0.1, -0.05) is 42.0 Å². The van der Waals surface area contributed by atoms with Gasteiger partial charge in [-0.05, 0) is 74.8 Å². The Balaban J connectivity index is 1.27. The fourth-order valence-electron chi connectivity index (χ4n) is 6.26. The average Bonchev–Trinajstić information content (AvgIpc) is 2.87. The number of aryl methyl sites for hydroxylation is 2. The molecule has 4 aliphatic rings. The molecule has 0 radical (unpaired) electrons. The van der Waals surface area contributed by atoms with Crippen molar-refractivity contribution in [1.82, 2.24) is 4.90 Å². The van der Waals surface area contributed by atoms with E-state index in [0.29, 0.717) is 31.1 Å². The van der Waals surface area contributed by atoms with Crippen LogP contribution >= 0.6 is 0 Å². The molecule has 0 aromatic heterocycles. The summed E-state index contributed by atoms with van der Waals surface area (Å²) in [5.41, 5.74) is 4.90. The molecule has 4 nitrogen and oxygen atoms in total. The zero-order chi connectivity index (χ0) is 23.5. The summed E-state index contributed by atoms with van der Waals surface area (Å²) in [5.74, 6) is 2.68. The summed E-state index contributed by atoms with van der Waals surface area (Å²) >= 11 is 0. The number of nitrogens with zero attached hydrogens (tertiary/aromatic N) is 2. The zero-order valence-corrected chi connectivity index (χ0v) is 20.7. The van der Waals surface area contributed by atoms with Gasteiger partial charge in [0.1, 0.15) is 5.75 Å². The molecule has 0 aliphatic carbocycles. The Morgan fingerprint density at radius 2 is 2.06 bits per heavy atom. The maximum absolute atomic E-state index is 6.78. The SMILES string of the molecule is C=CC1CN2CCC1CC2C(OCCCOc1ccc(C)cc1C)C1CC=Nc2ccccc21. The average molecular weight is 459 g/mol. The maximum atomic E-state index is 6.78. The van der Waals surface area contributed by atoms with E-state index in [1.165, 1.54) is 36.1 Å². The van der Waals surface area contributed by atoms with Crippen LogP contribution in [0.15, 0.2) is 60.1 Å². The van der Waals surface area contributed by atoms with Crippen molar-refractivity contribution in [3.05, 3.63) is 71.8 Å². The van der Waals surface area contributed by atoms with Crippen LogP contribution in [0.5, 0.6) is 5.75 Å². The Bertz CT molecular complexity index is 1030. The summed E-state index contributed by atoms with van der Waals surface area (Å²) in [4.78, 5) is 7.35. The summed E-state index contributed by atoms with van der Waals surface area (Å²) in [6, 6.07) is 15.4. The summed E-state index contributed by atoms with van der Waals surface area (Å²) < 4.78 is 12.9. The van der Waals surface area contributed by atoms with Gasteiger partial charge in [-0.2, -0.15) is 0 Å². The second-order valence-corrected chi connectivity index (χ2v) is 10.3. The van der Waals surface area contributed by atoms with Crippen molar-refractivity contribution in [2.75, 3.05) is 26.3 Å². The molecule has 0 amide bonds. The van der Waals surface area contributed by atoms with Gasteiger partial charge in [-0.3, -0.25) is 9.89 Å². The van der Waals surface area contributed by atoms with Crippen molar-refractivity contribution in [3.63, 3.8) is 0 Å². The highest BCUT2D eigenvalue weighted by atomic mass is 16.5. The second-order valence-electron chi connectivity index (χ2n) is 10.3. The molecule has 3 saturated heterocycles. The molecular weight excluding hydrogens is 420 g/mol. The largest absolute Gasteiger partial charge is 0.493 e. The molecule has 2 aromatic carbocycles. The fourth-order valence-corrected chi connectivity index (χ4v) is 6.26. The number of piperidine rings is 3. The van der Waals surface area contributed by atoms with Gasteiger partial charge in [0.15, 0.2) is 0 Å². The molecule has 0 saturated carbocycles.